The van der Waals surface area contributed by atoms with Crippen LogP contribution in [0.2, 0.25) is 0 Å². The van der Waals surface area contributed by atoms with Gasteiger partial charge in [-0.15, -0.1) is 5.10 Å². The molecule has 2 aromatic rings. The van der Waals surface area contributed by atoms with Crippen molar-refractivity contribution >= 4 is 21.7 Å². The van der Waals surface area contributed by atoms with E-state index in [1.807, 2.05) is 22.9 Å². The average Bonchev–Trinajstić information content (AvgIpc) is 2.70. The number of nitrogen functional groups attached to an aromatic ring is 1. The molecule has 0 saturated heterocycles. The van der Waals surface area contributed by atoms with Crippen molar-refractivity contribution in [3.8, 4) is 5.75 Å². The third kappa shape index (κ3) is 2.95. The Morgan fingerprint density at radius 3 is 2.60 bits per heavy atom. The molecule has 0 aliphatic heterocycles. The maximum absolute atomic E-state index is 5.93. The standard InChI is InChI=1S/C14H19BrN4O/c1-14(2,3)12-13(16)17-18-19(12)8-9-5-6-11(20-4)10(15)7-9/h5-7H,8,16H2,1-4H3. The summed E-state index contributed by atoms with van der Waals surface area (Å²) >= 11 is 3.49. The van der Waals surface area contributed by atoms with E-state index in [9.17, 15) is 0 Å². The fraction of sp³-hybridized carbons (Fsp3) is 0.429. The highest BCUT2D eigenvalue weighted by molar-refractivity contribution is 9.10. The zero-order valence-corrected chi connectivity index (χ0v) is 13.7. The maximum Gasteiger partial charge on any atom is 0.169 e. The van der Waals surface area contributed by atoms with Gasteiger partial charge in [0.05, 0.1) is 23.8 Å². The molecule has 20 heavy (non-hydrogen) atoms. The summed E-state index contributed by atoms with van der Waals surface area (Å²) < 4.78 is 8.00. The summed E-state index contributed by atoms with van der Waals surface area (Å²) in [5, 5.41) is 8.13. The topological polar surface area (TPSA) is 66.0 Å². The number of benzene rings is 1. The molecule has 0 atom stereocenters. The largest absolute Gasteiger partial charge is 0.496 e. The van der Waals surface area contributed by atoms with E-state index in [4.69, 9.17) is 10.5 Å². The lowest BCUT2D eigenvalue weighted by molar-refractivity contribution is 0.412. The van der Waals surface area contributed by atoms with Gasteiger partial charge in [-0.25, -0.2) is 4.68 Å². The Morgan fingerprint density at radius 1 is 1.35 bits per heavy atom. The summed E-state index contributed by atoms with van der Waals surface area (Å²) in [7, 11) is 1.65. The average molecular weight is 339 g/mol. The van der Waals surface area contributed by atoms with Gasteiger partial charge in [-0.3, -0.25) is 0 Å². The number of nitrogens with zero attached hydrogens (tertiary/aromatic N) is 3. The second kappa shape index (κ2) is 5.44. The highest BCUT2D eigenvalue weighted by atomic mass is 79.9. The molecule has 0 fully saturated rings. The van der Waals surface area contributed by atoms with Crippen LogP contribution in [-0.4, -0.2) is 22.1 Å². The van der Waals surface area contributed by atoms with Gasteiger partial charge in [0.2, 0.25) is 0 Å². The molecule has 5 nitrogen and oxygen atoms in total. The van der Waals surface area contributed by atoms with Crippen LogP contribution in [0.25, 0.3) is 0 Å². The Kier molecular flexibility index (Phi) is 4.04. The molecule has 0 bridgehead atoms. The van der Waals surface area contributed by atoms with Crippen LogP contribution in [0.3, 0.4) is 0 Å². The lowest BCUT2D eigenvalue weighted by atomic mass is 9.92. The van der Waals surface area contributed by atoms with Gasteiger partial charge in [-0.2, -0.15) is 0 Å². The van der Waals surface area contributed by atoms with Crippen molar-refractivity contribution in [1.82, 2.24) is 15.0 Å². The number of halogens is 1. The van der Waals surface area contributed by atoms with Crippen molar-refractivity contribution in [2.24, 2.45) is 0 Å². The van der Waals surface area contributed by atoms with Crippen molar-refractivity contribution < 1.29 is 4.74 Å². The van der Waals surface area contributed by atoms with E-state index in [-0.39, 0.29) is 5.41 Å². The summed E-state index contributed by atoms with van der Waals surface area (Å²) in [6, 6.07) is 5.95. The minimum Gasteiger partial charge on any atom is -0.496 e. The number of nitrogens with two attached hydrogens (primary N) is 1. The quantitative estimate of drug-likeness (QED) is 0.934. The van der Waals surface area contributed by atoms with Gasteiger partial charge < -0.3 is 10.5 Å². The first-order chi connectivity index (χ1) is 9.32. The number of ether oxygens (including phenoxy) is 1. The fourth-order valence-corrected chi connectivity index (χ4v) is 2.78. The third-order valence-electron chi connectivity index (χ3n) is 3.02. The van der Waals surface area contributed by atoms with Crippen molar-refractivity contribution in [3.05, 3.63) is 33.9 Å². The van der Waals surface area contributed by atoms with Gasteiger partial charge in [0.1, 0.15) is 5.75 Å². The number of aromatic nitrogens is 3. The van der Waals surface area contributed by atoms with E-state index in [2.05, 4.69) is 47.0 Å². The first kappa shape index (κ1) is 14.8. The molecule has 6 heteroatoms. The van der Waals surface area contributed by atoms with Crippen LogP contribution in [-0.2, 0) is 12.0 Å². The highest BCUT2D eigenvalue weighted by Gasteiger charge is 2.24. The zero-order valence-electron chi connectivity index (χ0n) is 12.1. The summed E-state index contributed by atoms with van der Waals surface area (Å²) in [5.41, 5.74) is 7.89. The number of rotatable bonds is 3. The van der Waals surface area contributed by atoms with Gasteiger partial charge in [0.15, 0.2) is 5.82 Å². The number of anilines is 1. The van der Waals surface area contributed by atoms with E-state index in [0.717, 1.165) is 21.5 Å². The number of hydrogen-bond donors (Lipinski definition) is 1. The SMILES string of the molecule is COc1ccc(Cn2nnc(N)c2C(C)(C)C)cc1Br. The molecule has 1 aromatic carbocycles. The van der Waals surface area contributed by atoms with Gasteiger partial charge >= 0.3 is 0 Å². The summed E-state index contributed by atoms with van der Waals surface area (Å²) in [5.74, 6) is 1.30. The summed E-state index contributed by atoms with van der Waals surface area (Å²) in [4.78, 5) is 0. The molecule has 1 heterocycles. The Bertz CT molecular complexity index is 616. The molecule has 0 aliphatic carbocycles. The van der Waals surface area contributed by atoms with Gasteiger partial charge in [-0.05, 0) is 33.6 Å². The predicted molar refractivity (Wildman–Crippen MR) is 82.9 cm³/mol. The first-order valence-corrected chi connectivity index (χ1v) is 7.14. The van der Waals surface area contributed by atoms with E-state index in [0.29, 0.717) is 12.4 Å². The summed E-state index contributed by atoms with van der Waals surface area (Å²) in [6.07, 6.45) is 0. The second-order valence-corrected chi connectivity index (χ2v) is 6.55. The van der Waals surface area contributed by atoms with E-state index >= 15 is 0 Å². The minimum atomic E-state index is -0.0999. The van der Waals surface area contributed by atoms with Gasteiger partial charge in [0.25, 0.3) is 0 Å². The maximum atomic E-state index is 5.93. The highest BCUT2D eigenvalue weighted by Crippen LogP contribution is 2.28. The van der Waals surface area contributed by atoms with Crippen LogP contribution in [0, 0.1) is 0 Å². The monoisotopic (exact) mass is 338 g/mol. The predicted octanol–water partition coefficient (Wildman–Crippen LogP) is 2.98. The molecule has 0 amide bonds. The lowest BCUT2D eigenvalue weighted by Gasteiger charge is -2.20. The Balaban J connectivity index is 2.34. The second-order valence-electron chi connectivity index (χ2n) is 5.70. The molecule has 0 unspecified atom stereocenters. The van der Waals surface area contributed by atoms with Crippen LogP contribution in [0.15, 0.2) is 22.7 Å². The van der Waals surface area contributed by atoms with Crippen LogP contribution < -0.4 is 10.5 Å². The molecular formula is C14H19BrN4O. The van der Waals surface area contributed by atoms with Gasteiger partial charge in [-0.1, -0.05) is 32.1 Å². The normalized spacial score (nSPS) is 11.7. The molecule has 0 aliphatic rings. The smallest absolute Gasteiger partial charge is 0.169 e. The minimum absolute atomic E-state index is 0.0999. The van der Waals surface area contributed by atoms with Crippen LogP contribution in [0.1, 0.15) is 32.0 Å². The van der Waals surface area contributed by atoms with Crippen LogP contribution in [0.4, 0.5) is 5.82 Å². The molecule has 0 spiro atoms. The van der Waals surface area contributed by atoms with Crippen molar-refractivity contribution in [3.63, 3.8) is 0 Å². The fourth-order valence-electron chi connectivity index (χ4n) is 2.19. The van der Waals surface area contributed by atoms with E-state index in [1.165, 1.54) is 0 Å². The molecular weight excluding hydrogens is 320 g/mol. The molecule has 108 valence electrons. The van der Waals surface area contributed by atoms with Gasteiger partial charge in [0, 0.05) is 5.41 Å². The van der Waals surface area contributed by atoms with E-state index in [1.54, 1.807) is 7.11 Å². The zero-order chi connectivity index (χ0) is 14.9. The molecule has 2 rings (SSSR count). The van der Waals surface area contributed by atoms with Crippen molar-refractivity contribution in [1.29, 1.82) is 0 Å². The summed E-state index contributed by atoms with van der Waals surface area (Å²) in [6.45, 7) is 6.92. The Hall–Kier alpha value is -1.56. The molecule has 1 aromatic heterocycles. The van der Waals surface area contributed by atoms with Crippen LogP contribution in [0.5, 0.6) is 5.75 Å². The lowest BCUT2D eigenvalue weighted by Crippen LogP contribution is -2.20. The Morgan fingerprint density at radius 2 is 2.05 bits per heavy atom. The molecule has 0 saturated carbocycles. The molecule has 0 radical (unpaired) electrons. The number of methoxy groups -OCH3 is 1. The van der Waals surface area contributed by atoms with Crippen LogP contribution >= 0.6 is 15.9 Å². The third-order valence-corrected chi connectivity index (χ3v) is 3.64. The Labute approximate surface area is 127 Å². The first-order valence-electron chi connectivity index (χ1n) is 6.35. The molecule has 2 N–H and O–H groups in total. The number of hydrogen-bond acceptors (Lipinski definition) is 4. The van der Waals surface area contributed by atoms with Crippen molar-refractivity contribution in [2.75, 3.05) is 12.8 Å². The van der Waals surface area contributed by atoms with Crippen molar-refractivity contribution in [2.45, 2.75) is 32.7 Å². The van der Waals surface area contributed by atoms with E-state index < -0.39 is 0 Å².